The highest BCUT2D eigenvalue weighted by molar-refractivity contribution is 5.97. The molecular formula is C43H62N8O12. The van der Waals surface area contributed by atoms with Crippen LogP contribution in [0.25, 0.3) is 0 Å². The Labute approximate surface area is 367 Å². The number of benzene rings is 2. The molecule has 0 bridgehead atoms. The standard InChI is InChI=1S/C43H62N8O12/c1-2-34(52)6-4-3-5-15-44-43(63)36(24-31-9-13-35(53)14-10-31)47-37(54)26-46-42(62)33-11-7-32(8-12-33)25-45-38(55)27-48-16-18-49(28-39(56)57)20-22-51(30-41(60)61)23-21-50(19-17-48)29-40(58)59/h7-14,36,53H,2-6,15-30H2,1H3,(H,44,63)(H,45,55)(H,46,62)(H,47,54)(H,56,57)(H,58,59)(H,60,61)/t36-/m0/s1. The third-order valence-electron chi connectivity index (χ3n) is 10.3. The van der Waals surface area contributed by atoms with E-state index in [9.17, 15) is 58.8 Å². The zero-order valence-electron chi connectivity index (χ0n) is 35.9. The van der Waals surface area contributed by atoms with Crippen LogP contribution < -0.4 is 21.3 Å². The highest BCUT2D eigenvalue weighted by atomic mass is 16.4. The minimum absolute atomic E-state index is 0.0558. The normalized spacial score (nSPS) is 15.2. The topological polar surface area (TPSA) is 279 Å². The lowest BCUT2D eigenvalue weighted by Crippen LogP contribution is -2.50. The first-order valence-corrected chi connectivity index (χ1v) is 21.2. The number of carbonyl (C=O) groups is 8. The minimum Gasteiger partial charge on any atom is -0.508 e. The van der Waals surface area contributed by atoms with Gasteiger partial charge in [0.1, 0.15) is 17.6 Å². The van der Waals surface area contributed by atoms with Crippen molar-refractivity contribution in [1.82, 2.24) is 40.9 Å². The van der Waals surface area contributed by atoms with Crippen LogP contribution >= 0.6 is 0 Å². The van der Waals surface area contributed by atoms with Gasteiger partial charge in [0, 0.05) is 90.3 Å². The van der Waals surface area contributed by atoms with Crippen molar-refractivity contribution in [3.63, 3.8) is 0 Å². The van der Waals surface area contributed by atoms with E-state index in [1.165, 1.54) is 24.3 Å². The summed E-state index contributed by atoms with van der Waals surface area (Å²) in [6.07, 6.45) is 3.29. The number of hydrogen-bond donors (Lipinski definition) is 8. The molecule has 1 heterocycles. The van der Waals surface area contributed by atoms with Crippen LogP contribution in [0.4, 0.5) is 0 Å². The van der Waals surface area contributed by atoms with E-state index in [0.717, 1.165) is 12.8 Å². The quantitative estimate of drug-likeness (QED) is 0.0623. The van der Waals surface area contributed by atoms with Crippen molar-refractivity contribution < 1.29 is 58.8 Å². The summed E-state index contributed by atoms with van der Waals surface area (Å²) < 4.78 is 0. The summed E-state index contributed by atoms with van der Waals surface area (Å²) >= 11 is 0. The number of phenols is 1. The first-order chi connectivity index (χ1) is 30.1. The van der Waals surface area contributed by atoms with E-state index in [0.29, 0.717) is 50.0 Å². The highest BCUT2D eigenvalue weighted by Crippen LogP contribution is 2.12. The summed E-state index contributed by atoms with van der Waals surface area (Å²) in [4.78, 5) is 105. The maximum Gasteiger partial charge on any atom is 0.317 e. The van der Waals surface area contributed by atoms with Gasteiger partial charge in [-0.25, -0.2) is 0 Å². The number of carboxylic acid groups (broad SMARTS) is 3. The number of hydrogen-bond acceptors (Lipinski definition) is 13. The maximum absolute atomic E-state index is 13.1. The van der Waals surface area contributed by atoms with Crippen LogP contribution in [-0.4, -0.2) is 185 Å². The van der Waals surface area contributed by atoms with E-state index in [4.69, 9.17) is 0 Å². The molecule has 0 aromatic heterocycles. The monoisotopic (exact) mass is 882 g/mol. The summed E-state index contributed by atoms with van der Waals surface area (Å²) in [7, 11) is 0. The predicted molar refractivity (Wildman–Crippen MR) is 230 cm³/mol. The van der Waals surface area contributed by atoms with Crippen LogP contribution in [0, 0.1) is 0 Å². The van der Waals surface area contributed by atoms with Crippen LogP contribution in [0.3, 0.4) is 0 Å². The molecule has 1 fully saturated rings. The number of amides is 4. The fraction of sp³-hybridized carbons (Fsp3) is 0.535. The third kappa shape index (κ3) is 21.6. The largest absolute Gasteiger partial charge is 0.508 e. The Morgan fingerprint density at radius 2 is 1.08 bits per heavy atom. The average molecular weight is 883 g/mol. The Morgan fingerprint density at radius 1 is 0.587 bits per heavy atom. The molecule has 0 saturated carbocycles. The SMILES string of the molecule is CCC(=O)CCCCCNC(=O)[C@H](Cc1ccc(O)cc1)NC(=O)CNC(=O)c1ccc(CNC(=O)CN2CCN(CC(=O)O)CCN(CC(=O)O)CCN(CC(=O)O)CC2)cc1. The number of nitrogens with one attached hydrogen (secondary N) is 4. The average Bonchev–Trinajstić information content (AvgIpc) is 3.24. The molecule has 1 saturated heterocycles. The number of rotatable bonds is 24. The second kappa shape index (κ2) is 27.9. The molecule has 0 aliphatic carbocycles. The van der Waals surface area contributed by atoms with Crippen molar-refractivity contribution >= 4 is 47.3 Å². The number of Topliss-reactive ketones (excluding diaryl/α,β-unsaturated/α-hetero) is 1. The van der Waals surface area contributed by atoms with Gasteiger partial charge in [0.05, 0.1) is 32.7 Å². The second-order valence-electron chi connectivity index (χ2n) is 15.4. The number of carboxylic acids is 3. The van der Waals surface area contributed by atoms with E-state index >= 15 is 0 Å². The molecule has 346 valence electrons. The van der Waals surface area contributed by atoms with Crippen molar-refractivity contribution in [2.24, 2.45) is 0 Å². The Bertz CT molecular complexity index is 1800. The summed E-state index contributed by atoms with van der Waals surface area (Å²) in [5, 5.41) is 48.8. The van der Waals surface area contributed by atoms with Crippen LogP contribution in [-0.2, 0) is 46.5 Å². The lowest BCUT2D eigenvalue weighted by atomic mass is 10.0. The first-order valence-electron chi connectivity index (χ1n) is 21.2. The summed E-state index contributed by atoms with van der Waals surface area (Å²) in [5.74, 6) is -4.78. The van der Waals surface area contributed by atoms with E-state index in [2.05, 4.69) is 21.3 Å². The van der Waals surface area contributed by atoms with Crippen LogP contribution in [0.2, 0.25) is 0 Å². The second-order valence-corrected chi connectivity index (χ2v) is 15.4. The van der Waals surface area contributed by atoms with Gasteiger partial charge in [-0.1, -0.05) is 37.6 Å². The van der Waals surface area contributed by atoms with E-state index in [-0.39, 0.29) is 101 Å². The Balaban J connectivity index is 1.52. The highest BCUT2D eigenvalue weighted by Gasteiger charge is 2.23. The molecule has 0 spiro atoms. The number of phenolic OH excluding ortho intramolecular Hbond substituents is 1. The molecule has 2 aromatic rings. The van der Waals surface area contributed by atoms with Crippen molar-refractivity contribution in [3.8, 4) is 5.75 Å². The molecular weight excluding hydrogens is 821 g/mol. The third-order valence-corrected chi connectivity index (χ3v) is 10.3. The van der Waals surface area contributed by atoms with E-state index in [1.54, 1.807) is 39.0 Å². The molecule has 0 unspecified atom stereocenters. The molecule has 1 aliphatic heterocycles. The number of nitrogens with zero attached hydrogens (tertiary/aromatic N) is 4. The van der Waals surface area contributed by atoms with Crippen molar-refractivity contribution in [1.29, 1.82) is 0 Å². The predicted octanol–water partition coefficient (Wildman–Crippen LogP) is -0.403. The van der Waals surface area contributed by atoms with Gasteiger partial charge >= 0.3 is 17.9 Å². The molecule has 20 heteroatoms. The van der Waals surface area contributed by atoms with Crippen molar-refractivity contribution in [2.75, 3.05) is 91.6 Å². The van der Waals surface area contributed by atoms with Crippen LogP contribution in [0.15, 0.2) is 48.5 Å². The number of carbonyl (C=O) groups excluding carboxylic acids is 5. The fourth-order valence-electron chi connectivity index (χ4n) is 6.74. The van der Waals surface area contributed by atoms with Gasteiger partial charge in [-0.05, 0) is 48.2 Å². The van der Waals surface area contributed by atoms with E-state index < -0.39 is 48.2 Å². The van der Waals surface area contributed by atoms with Gasteiger partial charge in [0.15, 0.2) is 0 Å². The fourth-order valence-corrected chi connectivity index (χ4v) is 6.74. The lowest BCUT2D eigenvalue weighted by molar-refractivity contribution is -0.140. The molecule has 1 aliphatic rings. The Morgan fingerprint density at radius 3 is 1.57 bits per heavy atom. The summed E-state index contributed by atoms with van der Waals surface area (Å²) in [6.45, 7) is 3.15. The minimum atomic E-state index is -1.05. The summed E-state index contributed by atoms with van der Waals surface area (Å²) in [5.41, 5.74) is 1.62. The van der Waals surface area contributed by atoms with Gasteiger partial charge in [-0.3, -0.25) is 58.0 Å². The van der Waals surface area contributed by atoms with Crippen molar-refractivity contribution in [3.05, 3.63) is 65.2 Å². The Kier molecular flexibility index (Phi) is 22.7. The van der Waals surface area contributed by atoms with Crippen molar-refractivity contribution in [2.45, 2.75) is 58.0 Å². The van der Waals surface area contributed by atoms with E-state index in [1.807, 2.05) is 11.8 Å². The molecule has 63 heavy (non-hydrogen) atoms. The molecule has 4 amide bonds. The van der Waals surface area contributed by atoms with Crippen LogP contribution in [0.5, 0.6) is 5.75 Å². The van der Waals surface area contributed by atoms with Gasteiger partial charge in [0.2, 0.25) is 17.7 Å². The smallest absolute Gasteiger partial charge is 0.317 e. The van der Waals surface area contributed by atoms with Gasteiger partial charge in [0.25, 0.3) is 5.91 Å². The zero-order valence-corrected chi connectivity index (χ0v) is 35.9. The first kappa shape index (κ1) is 51.4. The van der Waals surface area contributed by atoms with Gasteiger partial charge in [-0.15, -0.1) is 0 Å². The number of unbranched alkanes of at least 4 members (excludes halogenated alkanes) is 2. The number of ketones is 1. The molecule has 8 N–H and O–H groups in total. The maximum atomic E-state index is 13.1. The number of aromatic hydroxyl groups is 1. The summed E-state index contributed by atoms with van der Waals surface area (Å²) in [6, 6.07) is 11.6. The van der Waals surface area contributed by atoms with Gasteiger partial charge in [-0.2, -0.15) is 0 Å². The lowest BCUT2D eigenvalue weighted by Gasteiger charge is -2.32. The Hall–Kier alpha value is -5.96. The molecule has 3 rings (SSSR count). The molecule has 20 nitrogen and oxygen atoms in total. The number of aliphatic carboxylic acids is 3. The molecule has 1 atom stereocenters. The van der Waals surface area contributed by atoms with Gasteiger partial charge < -0.3 is 41.7 Å². The molecule has 0 radical (unpaired) electrons. The zero-order chi connectivity index (χ0) is 46.1. The van der Waals surface area contributed by atoms with Crippen LogP contribution in [0.1, 0.15) is 60.5 Å². The molecule has 2 aromatic carbocycles.